The van der Waals surface area contributed by atoms with Gasteiger partial charge in [0.05, 0.1) is 0 Å². The predicted molar refractivity (Wildman–Crippen MR) is 94.0 cm³/mol. The summed E-state index contributed by atoms with van der Waals surface area (Å²) in [6, 6.07) is 15.4. The number of thioether (sulfide) groups is 1. The van der Waals surface area contributed by atoms with Crippen molar-refractivity contribution in [1.29, 1.82) is 0 Å². The van der Waals surface area contributed by atoms with E-state index in [9.17, 15) is 0 Å². The third-order valence-corrected chi connectivity index (χ3v) is 6.53. The quantitative estimate of drug-likeness (QED) is 0.549. The van der Waals surface area contributed by atoms with E-state index in [0.29, 0.717) is 5.41 Å². The van der Waals surface area contributed by atoms with Crippen molar-refractivity contribution in [1.82, 2.24) is 0 Å². The third kappa shape index (κ3) is 3.17. The Bertz CT molecular complexity index is 570. The van der Waals surface area contributed by atoms with E-state index in [1.54, 1.807) is 0 Å². The molecule has 0 radical (unpaired) electrons. The summed E-state index contributed by atoms with van der Waals surface area (Å²) in [6.45, 7) is 0. The first-order valence-electron chi connectivity index (χ1n) is 7.54. The second-order valence-electron chi connectivity index (χ2n) is 6.02. The Labute approximate surface area is 131 Å². The minimum absolute atomic E-state index is 0.470. The minimum atomic E-state index is 0.470. The average Bonchev–Trinajstić information content (AvgIpc) is 2.54. The molecule has 0 unspecified atom stereocenters. The molecule has 2 heteroatoms. The smallest absolute Gasteiger partial charge is 0.00785 e. The van der Waals surface area contributed by atoms with E-state index in [-0.39, 0.29) is 0 Å². The lowest BCUT2D eigenvalue weighted by Gasteiger charge is -2.35. The van der Waals surface area contributed by atoms with Crippen molar-refractivity contribution in [2.24, 2.45) is 5.41 Å². The Hall–Kier alpha value is -0.600. The summed E-state index contributed by atoms with van der Waals surface area (Å²) in [5.41, 5.74) is 0.470. The standard InChI is InChI=1S/C18H22S2/c19-13-18(10-4-1-5-11-18)14-20-17-9-8-15-6-2-3-7-16(15)12-17/h2-3,6-9,12,19H,1,4-5,10-11,13-14H2. The highest BCUT2D eigenvalue weighted by atomic mass is 32.2. The molecule has 0 atom stereocenters. The molecule has 0 nitrogen and oxygen atoms in total. The number of rotatable bonds is 4. The summed E-state index contributed by atoms with van der Waals surface area (Å²) in [7, 11) is 0. The molecule has 20 heavy (non-hydrogen) atoms. The fraction of sp³-hybridized carbons (Fsp3) is 0.444. The lowest BCUT2D eigenvalue weighted by atomic mass is 9.77. The highest BCUT2D eigenvalue weighted by Crippen LogP contribution is 2.41. The highest BCUT2D eigenvalue weighted by molar-refractivity contribution is 7.99. The number of hydrogen-bond donors (Lipinski definition) is 1. The maximum absolute atomic E-state index is 4.64. The van der Waals surface area contributed by atoms with E-state index in [0.717, 1.165) is 5.75 Å². The van der Waals surface area contributed by atoms with Gasteiger partial charge in [0.25, 0.3) is 0 Å². The second kappa shape index (κ2) is 6.44. The van der Waals surface area contributed by atoms with Crippen molar-refractivity contribution in [2.45, 2.75) is 37.0 Å². The Morgan fingerprint density at radius 1 is 0.950 bits per heavy atom. The van der Waals surface area contributed by atoms with Gasteiger partial charge < -0.3 is 0 Å². The van der Waals surface area contributed by atoms with Gasteiger partial charge in [-0.2, -0.15) is 12.6 Å². The monoisotopic (exact) mass is 302 g/mol. The van der Waals surface area contributed by atoms with Crippen molar-refractivity contribution in [2.75, 3.05) is 11.5 Å². The van der Waals surface area contributed by atoms with Crippen LogP contribution in [0.1, 0.15) is 32.1 Å². The topological polar surface area (TPSA) is 0 Å². The summed E-state index contributed by atoms with van der Waals surface area (Å²) < 4.78 is 0. The van der Waals surface area contributed by atoms with Gasteiger partial charge in [0.1, 0.15) is 0 Å². The highest BCUT2D eigenvalue weighted by Gasteiger charge is 2.30. The van der Waals surface area contributed by atoms with E-state index in [4.69, 9.17) is 0 Å². The van der Waals surface area contributed by atoms with Gasteiger partial charge in [-0.25, -0.2) is 0 Å². The van der Waals surface area contributed by atoms with Gasteiger partial charge in [0.2, 0.25) is 0 Å². The molecule has 0 aromatic heterocycles. The first kappa shape index (κ1) is 14.3. The third-order valence-electron chi connectivity index (χ3n) is 4.52. The lowest BCUT2D eigenvalue weighted by Crippen LogP contribution is -2.28. The molecule has 1 aliphatic rings. The summed E-state index contributed by atoms with van der Waals surface area (Å²) in [4.78, 5) is 1.40. The maximum atomic E-state index is 4.64. The average molecular weight is 303 g/mol. The van der Waals surface area contributed by atoms with Gasteiger partial charge in [0, 0.05) is 10.6 Å². The minimum Gasteiger partial charge on any atom is -0.179 e. The maximum Gasteiger partial charge on any atom is 0.00785 e. The number of fused-ring (bicyclic) bond motifs is 1. The van der Waals surface area contributed by atoms with Crippen LogP contribution in [0.5, 0.6) is 0 Å². The van der Waals surface area contributed by atoms with Crippen LogP contribution in [-0.2, 0) is 0 Å². The molecular weight excluding hydrogens is 280 g/mol. The lowest BCUT2D eigenvalue weighted by molar-refractivity contribution is 0.259. The Balaban J connectivity index is 1.72. The van der Waals surface area contributed by atoms with Crippen molar-refractivity contribution in [3.63, 3.8) is 0 Å². The zero-order chi connectivity index (χ0) is 13.8. The molecule has 106 valence electrons. The van der Waals surface area contributed by atoms with E-state index in [1.807, 2.05) is 11.8 Å². The van der Waals surface area contributed by atoms with Crippen LogP contribution < -0.4 is 0 Å². The molecule has 1 saturated carbocycles. The van der Waals surface area contributed by atoms with E-state index < -0.39 is 0 Å². The van der Waals surface area contributed by atoms with Crippen LogP contribution in [0, 0.1) is 5.41 Å². The molecule has 0 bridgehead atoms. The molecule has 2 aromatic carbocycles. The molecule has 0 heterocycles. The first-order chi connectivity index (χ1) is 9.81. The summed E-state index contributed by atoms with van der Waals surface area (Å²) in [5.74, 6) is 2.25. The van der Waals surface area contributed by atoms with Crippen LogP contribution in [0.25, 0.3) is 10.8 Å². The molecule has 1 fully saturated rings. The van der Waals surface area contributed by atoms with Crippen molar-refractivity contribution in [3.05, 3.63) is 42.5 Å². The molecule has 0 spiro atoms. The van der Waals surface area contributed by atoms with Crippen LogP contribution in [0.3, 0.4) is 0 Å². The predicted octanol–water partition coefficient (Wildman–Crippen LogP) is 5.81. The number of benzene rings is 2. The SMILES string of the molecule is SCC1(CSc2ccc3ccccc3c2)CCCCC1. The molecule has 0 amide bonds. The van der Waals surface area contributed by atoms with E-state index >= 15 is 0 Å². The normalized spacial score (nSPS) is 18.2. The van der Waals surface area contributed by atoms with E-state index in [2.05, 4.69) is 55.1 Å². The van der Waals surface area contributed by atoms with Crippen molar-refractivity contribution in [3.8, 4) is 0 Å². The van der Waals surface area contributed by atoms with Gasteiger partial charge in [-0.05, 0) is 46.9 Å². The largest absolute Gasteiger partial charge is 0.179 e. The van der Waals surface area contributed by atoms with Gasteiger partial charge in [-0.1, -0.05) is 49.6 Å². The Kier molecular flexibility index (Phi) is 4.62. The van der Waals surface area contributed by atoms with Gasteiger partial charge in [-0.3, -0.25) is 0 Å². The summed E-state index contributed by atoms with van der Waals surface area (Å²) >= 11 is 6.66. The molecule has 0 saturated heterocycles. The molecule has 1 aliphatic carbocycles. The molecule has 0 N–H and O–H groups in total. The van der Waals surface area contributed by atoms with Gasteiger partial charge in [-0.15, -0.1) is 11.8 Å². The summed E-state index contributed by atoms with van der Waals surface area (Å²) in [5, 5.41) is 2.68. The van der Waals surface area contributed by atoms with Crippen molar-refractivity contribution < 1.29 is 0 Å². The van der Waals surface area contributed by atoms with Crippen LogP contribution >= 0.6 is 24.4 Å². The number of hydrogen-bond acceptors (Lipinski definition) is 2. The Morgan fingerprint density at radius 3 is 2.45 bits per heavy atom. The zero-order valence-electron chi connectivity index (χ0n) is 11.8. The molecule has 2 aromatic rings. The fourth-order valence-corrected chi connectivity index (χ4v) is 4.96. The van der Waals surface area contributed by atoms with Crippen LogP contribution in [0.15, 0.2) is 47.4 Å². The van der Waals surface area contributed by atoms with Gasteiger partial charge >= 0.3 is 0 Å². The first-order valence-corrected chi connectivity index (χ1v) is 9.16. The fourth-order valence-electron chi connectivity index (χ4n) is 3.14. The van der Waals surface area contributed by atoms with Gasteiger partial charge in [0.15, 0.2) is 0 Å². The molecule has 0 aliphatic heterocycles. The van der Waals surface area contributed by atoms with Crippen LogP contribution in [0.4, 0.5) is 0 Å². The van der Waals surface area contributed by atoms with E-state index in [1.165, 1.54) is 53.5 Å². The second-order valence-corrected chi connectivity index (χ2v) is 7.38. The molecule has 3 rings (SSSR count). The zero-order valence-corrected chi connectivity index (χ0v) is 13.6. The number of thiol groups is 1. The van der Waals surface area contributed by atoms with Crippen LogP contribution in [-0.4, -0.2) is 11.5 Å². The summed E-state index contributed by atoms with van der Waals surface area (Å²) in [6.07, 6.45) is 6.90. The Morgan fingerprint density at radius 2 is 1.70 bits per heavy atom. The van der Waals surface area contributed by atoms with Crippen molar-refractivity contribution >= 4 is 35.2 Å². The molecular formula is C18H22S2. The van der Waals surface area contributed by atoms with Crippen LogP contribution in [0.2, 0.25) is 0 Å².